The van der Waals surface area contributed by atoms with Crippen molar-refractivity contribution in [3.63, 3.8) is 0 Å². The minimum absolute atomic E-state index is 0.572. The zero-order valence-electron chi connectivity index (χ0n) is 8.82. The Morgan fingerprint density at radius 3 is 3.13 bits per heavy atom. The van der Waals surface area contributed by atoms with E-state index in [1.165, 1.54) is 19.4 Å². The first-order chi connectivity index (χ1) is 7.25. The highest BCUT2D eigenvalue weighted by atomic mass is 125. The second kappa shape index (κ2) is 5.12. The van der Waals surface area contributed by atoms with Crippen LogP contribution in [0.25, 0.3) is 0 Å². The van der Waals surface area contributed by atoms with Gasteiger partial charge in [-0.05, 0) is 55.1 Å². The topological polar surface area (TPSA) is 25.4 Å². The number of hydrogen-bond donors (Lipinski definition) is 0. The van der Waals surface area contributed by atoms with Crippen molar-refractivity contribution in [2.75, 3.05) is 20.2 Å². The maximum absolute atomic E-state index is 5.73. The Morgan fingerprint density at radius 1 is 1.60 bits per heavy atom. The van der Waals surface area contributed by atoms with E-state index < -0.39 is 0 Å². The maximum atomic E-state index is 5.73. The predicted octanol–water partition coefficient (Wildman–Crippen LogP) is 2.16. The smallest absolute Gasteiger partial charge is 0.138 e. The van der Waals surface area contributed by atoms with Gasteiger partial charge in [0.2, 0.25) is 0 Å². The van der Waals surface area contributed by atoms with Gasteiger partial charge in [0.25, 0.3) is 0 Å². The Bertz CT molecular complexity index is 332. The third-order valence-corrected chi connectivity index (χ3v) is 3.38. The van der Waals surface area contributed by atoms with E-state index in [9.17, 15) is 0 Å². The lowest BCUT2D eigenvalue weighted by Crippen LogP contribution is -2.30. The van der Waals surface area contributed by atoms with Gasteiger partial charge in [0.05, 0.1) is 6.20 Å². The molecule has 0 unspecified atom stereocenters. The summed E-state index contributed by atoms with van der Waals surface area (Å²) < 4.78 is 6.85. The number of pyridine rings is 1. The molecule has 0 aromatic carbocycles. The molecule has 2 heterocycles. The highest BCUT2D eigenvalue weighted by molar-refractivity contribution is 14.1. The lowest BCUT2D eigenvalue weighted by atomic mass is 10.2. The van der Waals surface area contributed by atoms with Gasteiger partial charge >= 0.3 is 0 Å². The van der Waals surface area contributed by atoms with Crippen LogP contribution in [-0.4, -0.2) is 36.1 Å². The second-order valence-electron chi connectivity index (χ2n) is 3.93. The van der Waals surface area contributed by atoms with Gasteiger partial charge in [-0.15, -0.1) is 0 Å². The lowest BCUT2D eigenvalue weighted by Gasteiger charge is -2.19. The highest BCUT2D eigenvalue weighted by Crippen LogP contribution is 2.18. The largest absolute Gasteiger partial charge is 0.490 e. The molecule has 4 heteroatoms. The first-order valence-electron chi connectivity index (χ1n) is 5.19. The summed E-state index contributed by atoms with van der Waals surface area (Å²) in [5.41, 5.74) is 0. The van der Waals surface area contributed by atoms with E-state index in [0.717, 1.165) is 15.9 Å². The van der Waals surface area contributed by atoms with Crippen LogP contribution >= 0.6 is 22.6 Å². The summed E-state index contributed by atoms with van der Waals surface area (Å²) in [5.74, 6) is 0.877. The molecular weight excluding hydrogens is 301 g/mol. The van der Waals surface area contributed by atoms with E-state index in [1.54, 1.807) is 6.20 Å². The van der Waals surface area contributed by atoms with Gasteiger partial charge in [0.15, 0.2) is 0 Å². The Hall–Kier alpha value is -0.360. The molecule has 82 valence electrons. The van der Waals surface area contributed by atoms with Crippen molar-refractivity contribution in [2.24, 2.45) is 0 Å². The zero-order chi connectivity index (χ0) is 10.7. The number of likely N-dealkylation sites (N-methyl/N-ethyl adjacent to an activating group) is 1. The van der Waals surface area contributed by atoms with Gasteiger partial charge in [-0.2, -0.15) is 0 Å². The quantitative estimate of drug-likeness (QED) is 0.799. The molecule has 0 saturated carbocycles. The van der Waals surface area contributed by atoms with Gasteiger partial charge < -0.3 is 9.64 Å². The SMILES string of the molecule is CN1CCC[C@H]1COc1cncc([125I])c1. The number of rotatable bonds is 3. The van der Waals surface area contributed by atoms with E-state index in [-0.39, 0.29) is 0 Å². The molecule has 0 amide bonds. The van der Waals surface area contributed by atoms with Gasteiger partial charge in [-0.3, -0.25) is 4.98 Å². The first-order valence-corrected chi connectivity index (χ1v) is 6.27. The summed E-state index contributed by atoms with van der Waals surface area (Å²) in [6.45, 7) is 1.97. The third-order valence-electron chi connectivity index (χ3n) is 2.79. The van der Waals surface area contributed by atoms with Gasteiger partial charge in [0.1, 0.15) is 12.4 Å². The van der Waals surface area contributed by atoms with E-state index >= 15 is 0 Å². The Balaban J connectivity index is 1.87. The molecule has 1 aromatic heterocycles. The van der Waals surface area contributed by atoms with Crippen LogP contribution in [-0.2, 0) is 0 Å². The minimum Gasteiger partial charge on any atom is -0.490 e. The summed E-state index contributed by atoms with van der Waals surface area (Å²) in [7, 11) is 2.16. The maximum Gasteiger partial charge on any atom is 0.138 e. The van der Waals surface area contributed by atoms with Crippen molar-refractivity contribution in [3.8, 4) is 5.75 Å². The molecule has 15 heavy (non-hydrogen) atoms. The molecular formula is C11H15IN2O. The molecule has 1 fully saturated rings. The number of hydrogen-bond acceptors (Lipinski definition) is 3. The second-order valence-corrected chi connectivity index (χ2v) is 5.17. The monoisotopic (exact) mass is 316 g/mol. The van der Waals surface area contributed by atoms with Crippen LogP contribution in [0, 0.1) is 3.57 Å². The molecule has 1 aliphatic rings. The van der Waals surface area contributed by atoms with Gasteiger partial charge in [0, 0.05) is 15.8 Å². The van der Waals surface area contributed by atoms with Crippen LogP contribution in [0.5, 0.6) is 5.75 Å². The molecule has 1 atom stereocenters. The number of halogens is 1. The van der Waals surface area contributed by atoms with E-state index in [2.05, 4.69) is 39.5 Å². The van der Waals surface area contributed by atoms with E-state index in [1.807, 2.05) is 12.3 Å². The van der Waals surface area contributed by atoms with Crippen molar-refractivity contribution in [1.82, 2.24) is 9.88 Å². The van der Waals surface area contributed by atoms with Crippen LogP contribution in [0.3, 0.4) is 0 Å². The Labute approximate surface area is 104 Å². The molecule has 0 spiro atoms. The standard InChI is InChI=1S/C11H15IN2O/c1-14-4-2-3-10(14)8-15-11-5-9(12)6-13-7-11/h5-7,10H,2-4,8H2,1H3/t10-/m0/s1/i12-2. The lowest BCUT2D eigenvalue weighted by molar-refractivity contribution is 0.197. The Kier molecular flexibility index (Phi) is 3.80. The third kappa shape index (κ3) is 3.04. The van der Waals surface area contributed by atoms with E-state index in [0.29, 0.717) is 6.04 Å². The first kappa shape index (κ1) is 11.1. The molecule has 0 N–H and O–H groups in total. The minimum atomic E-state index is 0.572. The fourth-order valence-electron chi connectivity index (χ4n) is 1.85. The Morgan fingerprint density at radius 2 is 2.47 bits per heavy atom. The zero-order valence-corrected chi connectivity index (χ0v) is 11.0. The number of likely N-dealkylation sites (tertiary alicyclic amines) is 1. The van der Waals surface area contributed by atoms with Gasteiger partial charge in [-0.1, -0.05) is 0 Å². The average Bonchev–Trinajstić information content (AvgIpc) is 2.61. The number of aromatic nitrogens is 1. The van der Waals surface area contributed by atoms with Crippen LogP contribution in [0.15, 0.2) is 18.5 Å². The molecule has 1 saturated heterocycles. The van der Waals surface area contributed by atoms with Crippen molar-refractivity contribution in [2.45, 2.75) is 18.9 Å². The van der Waals surface area contributed by atoms with E-state index in [4.69, 9.17) is 4.74 Å². The molecule has 0 radical (unpaired) electrons. The molecule has 1 aromatic rings. The summed E-state index contributed by atoms with van der Waals surface area (Å²) in [6.07, 6.45) is 6.13. The normalized spacial score (nSPS) is 21.9. The molecule has 1 aliphatic heterocycles. The molecule has 2 rings (SSSR count). The summed E-state index contributed by atoms with van der Waals surface area (Å²) >= 11 is 2.24. The van der Waals surface area contributed by atoms with Crippen LogP contribution in [0.4, 0.5) is 0 Å². The van der Waals surface area contributed by atoms with Gasteiger partial charge in [-0.25, -0.2) is 0 Å². The number of ether oxygens (including phenoxy) is 1. The summed E-state index contributed by atoms with van der Waals surface area (Å²) in [6, 6.07) is 2.59. The number of nitrogens with zero attached hydrogens (tertiary/aromatic N) is 2. The highest BCUT2D eigenvalue weighted by Gasteiger charge is 2.21. The van der Waals surface area contributed by atoms with Crippen LogP contribution in [0.1, 0.15) is 12.8 Å². The predicted molar refractivity (Wildman–Crippen MR) is 68.1 cm³/mol. The molecule has 3 nitrogen and oxygen atoms in total. The average molecular weight is 316 g/mol. The fraction of sp³-hybridized carbons (Fsp3) is 0.545. The van der Waals surface area contributed by atoms with Crippen LogP contribution in [0.2, 0.25) is 0 Å². The van der Waals surface area contributed by atoms with Crippen molar-refractivity contribution in [3.05, 3.63) is 22.0 Å². The summed E-state index contributed by atoms with van der Waals surface area (Å²) in [4.78, 5) is 6.46. The molecule has 0 bridgehead atoms. The van der Waals surface area contributed by atoms with Crippen LogP contribution < -0.4 is 4.74 Å². The molecule has 0 aliphatic carbocycles. The fourth-order valence-corrected chi connectivity index (χ4v) is 2.32. The van der Waals surface area contributed by atoms with Crippen molar-refractivity contribution in [1.29, 1.82) is 0 Å². The van der Waals surface area contributed by atoms with Crippen molar-refractivity contribution < 1.29 is 4.74 Å². The van der Waals surface area contributed by atoms with Crippen molar-refractivity contribution >= 4 is 22.6 Å². The summed E-state index contributed by atoms with van der Waals surface area (Å²) in [5, 5.41) is 0.